The van der Waals surface area contributed by atoms with Gasteiger partial charge in [0.1, 0.15) is 17.4 Å². The van der Waals surface area contributed by atoms with Crippen molar-refractivity contribution < 1.29 is 4.79 Å². The lowest BCUT2D eigenvalue weighted by atomic mass is 10.1. The molecule has 0 spiro atoms. The predicted molar refractivity (Wildman–Crippen MR) is 71.9 cm³/mol. The second-order valence-corrected chi connectivity index (χ2v) is 4.76. The standard InChI is InChI=1S/C14H21N3O/c1-3-5-11-10-14(16-13(4-2)15-11)17-8-6-12(18)7-9-17/h10H,3-9H2,1-2H3. The molecule has 1 aromatic rings. The average Bonchev–Trinajstić information content (AvgIpc) is 2.39. The van der Waals surface area contributed by atoms with Crippen LogP contribution in [0.4, 0.5) is 5.82 Å². The van der Waals surface area contributed by atoms with Gasteiger partial charge in [-0.15, -0.1) is 0 Å². The molecule has 0 N–H and O–H groups in total. The van der Waals surface area contributed by atoms with Gasteiger partial charge < -0.3 is 4.90 Å². The lowest BCUT2D eigenvalue weighted by molar-refractivity contribution is -0.119. The van der Waals surface area contributed by atoms with Gasteiger partial charge in [-0.2, -0.15) is 0 Å². The van der Waals surface area contributed by atoms with Crippen molar-refractivity contribution >= 4 is 11.6 Å². The molecule has 0 atom stereocenters. The highest BCUT2D eigenvalue weighted by Gasteiger charge is 2.18. The van der Waals surface area contributed by atoms with Crippen molar-refractivity contribution in [3.63, 3.8) is 0 Å². The van der Waals surface area contributed by atoms with Crippen LogP contribution >= 0.6 is 0 Å². The van der Waals surface area contributed by atoms with Gasteiger partial charge >= 0.3 is 0 Å². The van der Waals surface area contributed by atoms with Crippen LogP contribution in [0.5, 0.6) is 0 Å². The van der Waals surface area contributed by atoms with Crippen LogP contribution in [0, 0.1) is 0 Å². The lowest BCUT2D eigenvalue weighted by Gasteiger charge is -2.27. The van der Waals surface area contributed by atoms with E-state index in [4.69, 9.17) is 0 Å². The molecular formula is C14H21N3O. The average molecular weight is 247 g/mol. The fourth-order valence-corrected chi connectivity index (χ4v) is 2.23. The van der Waals surface area contributed by atoms with Crippen LogP contribution in [0.15, 0.2) is 6.07 Å². The Bertz CT molecular complexity index is 421. The number of anilines is 1. The Morgan fingerprint density at radius 1 is 1.22 bits per heavy atom. The molecule has 0 unspecified atom stereocenters. The Morgan fingerprint density at radius 3 is 2.56 bits per heavy atom. The van der Waals surface area contributed by atoms with Crippen molar-refractivity contribution in [3.05, 3.63) is 17.6 Å². The summed E-state index contributed by atoms with van der Waals surface area (Å²) in [5, 5.41) is 0. The van der Waals surface area contributed by atoms with Crippen molar-refractivity contribution in [2.24, 2.45) is 0 Å². The maximum atomic E-state index is 11.3. The fraction of sp³-hybridized carbons (Fsp3) is 0.643. The number of nitrogens with zero attached hydrogens (tertiary/aromatic N) is 3. The summed E-state index contributed by atoms with van der Waals surface area (Å²) in [5.74, 6) is 2.27. The minimum Gasteiger partial charge on any atom is -0.356 e. The third-order valence-electron chi connectivity index (χ3n) is 3.28. The molecule has 0 amide bonds. The van der Waals surface area contributed by atoms with E-state index in [0.29, 0.717) is 18.6 Å². The molecule has 18 heavy (non-hydrogen) atoms. The van der Waals surface area contributed by atoms with Crippen LogP contribution in [0.1, 0.15) is 44.6 Å². The molecule has 4 heteroatoms. The second kappa shape index (κ2) is 5.94. The molecule has 0 aliphatic carbocycles. The van der Waals surface area contributed by atoms with Gasteiger partial charge in [0, 0.05) is 44.1 Å². The molecule has 0 bridgehead atoms. The van der Waals surface area contributed by atoms with E-state index in [9.17, 15) is 4.79 Å². The first-order valence-corrected chi connectivity index (χ1v) is 6.86. The Labute approximate surface area is 108 Å². The number of piperidine rings is 1. The van der Waals surface area contributed by atoms with Gasteiger partial charge in [-0.3, -0.25) is 4.79 Å². The maximum absolute atomic E-state index is 11.3. The number of aryl methyl sites for hydroxylation is 2. The lowest BCUT2D eigenvalue weighted by Crippen LogP contribution is -2.34. The van der Waals surface area contributed by atoms with Crippen molar-refractivity contribution in [2.45, 2.75) is 46.0 Å². The van der Waals surface area contributed by atoms with E-state index < -0.39 is 0 Å². The highest BCUT2D eigenvalue weighted by Crippen LogP contribution is 2.18. The highest BCUT2D eigenvalue weighted by molar-refractivity contribution is 5.80. The van der Waals surface area contributed by atoms with Crippen LogP contribution < -0.4 is 4.90 Å². The number of Topliss-reactive ketones (excluding diaryl/α,β-unsaturated/α-hetero) is 1. The minimum absolute atomic E-state index is 0.366. The smallest absolute Gasteiger partial charge is 0.136 e. The molecule has 1 saturated heterocycles. The summed E-state index contributed by atoms with van der Waals surface area (Å²) >= 11 is 0. The van der Waals surface area contributed by atoms with E-state index in [1.807, 2.05) is 0 Å². The first kappa shape index (κ1) is 13.0. The molecule has 2 heterocycles. The third-order valence-corrected chi connectivity index (χ3v) is 3.28. The zero-order valence-electron chi connectivity index (χ0n) is 11.3. The van der Waals surface area contributed by atoms with E-state index in [-0.39, 0.29) is 0 Å². The predicted octanol–water partition coefficient (Wildman–Crippen LogP) is 2.16. The van der Waals surface area contributed by atoms with Crippen molar-refractivity contribution in [3.8, 4) is 0 Å². The van der Waals surface area contributed by atoms with Crippen LogP contribution in [-0.4, -0.2) is 28.8 Å². The number of hydrogen-bond donors (Lipinski definition) is 0. The van der Waals surface area contributed by atoms with Crippen LogP contribution in [0.2, 0.25) is 0 Å². The van der Waals surface area contributed by atoms with Crippen molar-refractivity contribution in [1.82, 2.24) is 9.97 Å². The number of carbonyl (C=O) groups is 1. The van der Waals surface area contributed by atoms with E-state index in [2.05, 4.69) is 34.8 Å². The first-order chi connectivity index (χ1) is 8.72. The summed E-state index contributed by atoms with van der Waals surface area (Å²) in [6.07, 6.45) is 4.24. The first-order valence-electron chi connectivity index (χ1n) is 6.86. The second-order valence-electron chi connectivity index (χ2n) is 4.76. The van der Waals surface area contributed by atoms with Gasteiger partial charge in [0.2, 0.25) is 0 Å². The molecule has 0 radical (unpaired) electrons. The summed E-state index contributed by atoms with van der Waals surface area (Å²) in [7, 11) is 0. The molecule has 1 aliphatic rings. The zero-order chi connectivity index (χ0) is 13.0. The summed E-state index contributed by atoms with van der Waals surface area (Å²) in [5.41, 5.74) is 1.12. The summed E-state index contributed by atoms with van der Waals surface area (Å²) in [6, 6.07) is 2.08. The molecule has 98 valence electrons. The Morgan fingerprint density at radius 2 is 1.94 bits per heavy atom. The number of carbonyl (C=O) groups excluding carboxylic acids is 1. The molecule has 4 nitrogen and oxygen atoms in total. The van der Waals surface area contributed by atoms with Crippen molar-refractivity contribution in [1.29, 1.82) is 0 Å². The Hall–Kier alpha value is -1.45. The van der Waals surface area contributed by atoms with Gasteiger partial charge in [0.25, 0.3) is 0 Å². The highest BCUT2D eigenvalue weighted by atomic mass is 16.1. The molecule has 0 saturated carbocycles. The number of ketones is 1. The minimum atomic E-state index is 0.366. The van der Waals surface area contributed by atoms with Gasteiger partial charge in [-0.1, -0.05) is 20.3 Å². The Kier molecular flexibility index (Phi) is 4.28. The molecule has 1 fully saturated rings. The quantitative estimate of drug-likeness (QED) is 0.818. The zero-order valence-corrected chi connectivity index (χ0v) is 11.3. The molecular weight excluding hydrogens is 226 g/mol. The van der Waals surface area contributed by atoms with Crippen LogP contribution in [0.3, 0.4) is 0 Å². The SMILES string of the molecule is CCCc1cc(N2CCC(=O)CC2)nc(CC)n1. The monoisotopic (exact) mass is 247 g/mol. The normalized spacial score (nSPS) is 16.1. The van der Waals surface area contributed by atoms with Gasteiger partial charge in [0.15, 0.2) is 0 Å². The van der Waals surface area contributed by atoms with E-state index >= 15 is 0 Å². The van der Waals surface area contributed by atoms with Crippen molar-refractivity contribution in [2.75, 3.05) is 18.0 Å². The molecule has 0 aromatic carbocycles. The Balaban J connectivity index is 2.20. The summed E-state index contributed by atoms with van der Waals surface area (Å²) in [6.45, 7) is 5.83. The largest absolute Gasteiger partial charge is 0.356 e. The molecule has 1 aromatic heterocycles. The third kappa shape index (κ3) is 3.06. The summed E-state index contributed by atoms with van der Waals surface area (Å²) < 4.78 is 0. The topological polar surface area (TPSA) is 46.1 Å². The van der Waals surface area contributed by atoms with Gasteiger partial charge in [-0.05, 0) is 6.42 Å². The number of rotatable bonds is 4. The number of aromatic nitrogens is 2. The maximum Gasteiger partial charge on any atom is 0.136 e. The summed E-state index contributed by atoms with van der Waals surface area (Å²) in [4.78, 5) is 22.6. The fourth-order valence-electron chi connectivity index (χ4n) is 2.23. The molecule has 2 rings (SSSR count). The van der Waals surface area contributed by atoms with Gasteiger partial charge in [0.05, 0.1) is 0 Å². The van der Waals surface area contributed by atoms with E-state index in [1.165, 1.54) is 0 Å². The van der Waals surface area contributed by atoms with Crippen LogP contribution in [0.25, 0.3) is 0 Å². The number of hydrogen-bond acceptors (Lipinski definition) is 4. The van der Waals surface area contributed by atoms with E-state index in [0.717, 1.165) is 49.7 Å². The van der Waals surface area contributed by atoms with Crippen LogP contribution in [-0.2, 0) is 17.6 Å². The molecule has 1 aliphatic heterocycles. The van der Waals surface area contributed by atoms with E-state index in [1.54, 1.807) is 0 Å². The van der Waals surface area contributed by atoms with Gasteiger partial charge in [-0.25, -0.2) is 9.97 Å².